The Morgan fingerprint density at radius 1 is 0.526 bits per heavy atom. The predicted molar refractivity (Wildman–Crippen MR) is 155 cm³/mol. The van der Waals surface area contributed by atoms with Gasteiger partial charge in [0.15, 0.2) is 5.82 Å². The number of hydrogen-bond acceptors (Lipinski definition) is 3. The zero-order valence-corrected chi connectivity index (χ0v) is 20.4. The van der Waals surface area contributed by atoms with Crippen LogP contribution in [0.1, 0.15) is 0 Å². The standard InChI is InChI=1S/C34H21N3O/c1-4-12-22(13-5-1)32-31-27-20-29-26(25-18-10-11-19-28(25)37(29)24-16-8-3-9-17-24)21-30(27)38-34(31)36-33(35-32)23-14-6-2-7-15-23/h1-21H. The molecule has 4 nitrogen and oxygen atoms in total. The minimum Gasteiger partial charge on any atom is -0.438 e. The van der Waals surface area contributed by atoms with Gasteiger partial charge in [0.25, 0.3) is 0 Å². The molecule has 3 heterocycles. The highest BCUT2D eigenvalue weighted by atomic mass is 16.3. The Balaban J connectivity index is 1.51. The lowest BCUT2D eigenvalue weighted by atomic mass is 10.0. The van der Waals surface area contributed by atoms with Crippen LogP contribution in [0.5, 0.6) is 0 Å². The Hall–Kier alpha value is -5.22. The average Bonchev–Trinajstić information content (AvgIpc) is 3.51. The van der Waals surface area contributed by atoms with E-state index in [9.17, 15) is 0 Å². The molecule has 3 aromatic heterocycles. The third kappa shape index (κ3) is 3.10. The van der Waals surface area contributed by atoms with Gasteiger partial charge in [-0.1, -0.05) is 97.1 Å². The highest BCUT2D eigenvalue weighted by Crippen LogP contribution is 2.41. The number of furan rings is 1. The number of benzene rings is 5. The summed E-state index contributed by atoms with van der Waals surface area (Å²) >= 11 is 0. The molecule has 0 atom stereocenters. The van der Waals surface area contributed by atoms with E-state index in [1.54, 1.807) is 0 Å². The number of nitrogens with zero attached hydrogens (tertiary/aromatic N) is 3. The monoisotopic (exact) mass is 487 g/mol. The Morgan fingerprint density at radius 3 is 1.95 bits per heavy atom. The average molecular weight is 488 g/mol. The van der Waals surface area contributed by atoms with Crippen molar-refractivity contribution in [2.75, 3.05) is 0 Å². The minimum atomic E-state index is 0.593. The number of hydrogen-bond donors (Lipinski definition) is 0. The summed E-state index contributed by atoms with van der Waals surface area (Å²) in [6, 6.07) is 43.8. The summed E-state index contributed by atoms with van der Waals surface area (Å²) in [6.07, 6.45) is 0. The van der Waals surface area contributed by atoms with Gasteiger partial charge in [0.2, 0.25) is 5.71 Å². The van der Waals surface area contributed by atoms with Crippen LogP contribution in [0.3, 0.4) is 0 Å². The van der Waals surface area contributed by atoms with Crippen LogP contribution >= 0.6 is 0 Å². The smallest absolute Gasteiger partial charge is 0.231 e. The van der Waals surface area contributed by atoms with Crippen molar-refractivity contribution in [3.05, 3.63) is 127 Å². The lowest BCUT2D eigenvalue weighted by Crippen LogP contribution is -1.94. The second-order valence-electron chi connectivity index (χ2n) is 9.46. The van der Waals surface area contributed by atoms with Crippen LogP contribution < -0.4 is 0 Å². The molecule has 0 N–H and O–H groups in total. The normalized spacial score (nSPS) is 11.7. The van der Waals surface area contributed by atoms with E-state index in [0.717, 1.165) is 55.3 Å². The molecule has 8 rings (SSSR count). The SMILES string of the molecule is c1ccc(-c2nc(-c3ccccc3)c3c(n2)oc2cc4c5ccccc5n(-c5ccccc5)c4cc23)cc1. The van der Waals surface area contributed by atoms with Crippen molar-refractivity contribution in [3.8, 4) is 28.3 Å². The maximum absolute atomic E-state index is 6.49. The third-order valence-corrected chi connectivity index (χ3v) is 7.22. The molecule has 0 aliphatic carbocycles. The summed E-state index contributed by atoms with van der Waals surface area (Å²) < 4.78 is 8.81. The predicted octanol–water partition coefficient (Wildman–Crippen LogP) is 8.81. The van der Waals surface area contributed by atoms with E-state index in [1.165, 1.54) is 5.39 Å². The van der Waals surface area contributed by atoms with Crippen molar-refractivity contribution >= 4 is 43.9 Å². The minimum absolute atomic E-state index is 0.593. The van der Waals surface area contributed by atoms with Crippen molar-refractivity contribution in [1.82, 2.24) is 14.5 Å². The van der Waals surface area contributed by atoms with E-state index < -0.39 is 0 Å². The Kier molecular flexibility index (Phi) is 4.49. The van der Waals surface area contributed by atoms with Gasteiger partial charge in [-0.2, -0.15) is 4.98 Å². The largest absolute Gasteiger partial charge is 0.438 e. The number of para-hydroxylation sites is 2. The van der Waals surface area contributed by atoms with Crippen molar-refractivity contribution in [2.45, 2.75) is 0 Å². The van der Waals surface area contributed by atoms with Crippen LogP contribution in [0.4, 0.5) is 0 Å². The van der Waals surface area contributed by atoms with Gasteiger partial charge in [-0.3, -0.25) is 0 Å². The first-order valence-corrected chi connectivity index (χ1v) is 12.7. The highest BCUT2D eigenvalue weighted by Gasteiger charge is 2.21. The van der Waals surface area contributed by atoms with Gasteiger partial charge >= 0.3 is 0 Å². The summed E-state index contributed by atoms with van der Waals surface area (Å²) in [7, 11) is 0. The van der Waals surface area contributed by atoms with Crippen LogP contribution in [0.25, 0.3) is 72.2 Å². The summed E-state index contributed by atoms with van der Waals surface area (Å²) in [5.74, 6) is 0.653. The molecule has 0 radical (unpaired) electrons. The van der Waals surface area contributed by atoms with Gasteiger partial charge in [0.1, 0.15) is 5.58 Å². The molecule has 178 valence electrons. The first kappa shape index (κ1) is 20.9. The zero-order valence-electron chi connectivity index (χ0n) is 20.4. The molecule has 5 aromatic carbocycles. The van der Waals surface area contributed by atoms with Crippen LogP contribution in [0.2, 0.25) is 0 Å². The van der Waals surface area contributed by atoms with E-state index in [4.69, 9.17) is 14.4 Å². The second kappa shape index (κ2) is 8.15. The van der Waals surface area contributed by atoms with Gasteiger partial charge in [-0.15, -0.1) is 0 Å². The number of rotatable bonds is 3. The lowest BCUT2D eigenvalue weighted by molar-refractivity contribution is 0.654. The molecule has 0 aliphatic heterocycles. The Morgan fingerprint density at radius 2 is 1.18 bits per heavy atom. The van der Waals surface area contributed by atoms with Gasteiger partial charge in [0, 0.05) is 33.0 Å². The maximum Gasteiger partial charge on any atom is 0.231 e. The van der Waals surface area contributed by atoms with E-state index in [0.29, 0.717) is 11.5 Å². The molecule has 0 spiro atoms. The Labute approximate surface area is 218 Å². The van der Waals surface area contributed by atoms with E-state index in [-0.39, 0.29) is 0 Å². The van der Waals surface area contributed by atoms with E-state index in [1.807, 2.05) is 54.6 Å². The molecule has 8 aromatic rings. The lowest BCUT2D eigenvalue weighted by Gasteiger charge is -2.08. The fourth-order valence-corrected chi connectivity index (χ4v) is 5.51. The van der Waals surface area contributed by atoms with Crippen LogP contribution in [-0.2, 0) is 0 Å². The van der Waals surface area contributed by atoms with Gasteiger partial charge < -0.3 is 8.98 Å². The van der Waals surface area contributed by atoms with Gasteiger partial charge in [-0.25, -0.2) is 4.98 Å². The van der Waals surface area contributed by atoms with Crippen LogP contribution in [-0.4, -0.2) is 14.5 Å². The fourth-order valence-electron chi connectivity index (χ4n) is 5.51. The highest BCUT2D eigenvalue weighted by molar-refractivity contribution is 6.19. The molecule has 0 saturated heterocycles. The molecular weight excluding hydrogens is 466 g/mol. The molecule has 38 heavy (non-hydrogen) atoms. The Bertz CT molecular complexity index is 2110. The topological polar surface area (TPSA) is 43.9 Å². The van der Waals surface area contributed by atoms with Crippen LogP contribution in [0, 0.1) is 0 Å². The molecule has 0 aliphatic rings. The molecule has 0 amide bonds. The summed E-state index contributed by atoms with van der Waals surface area (Å²) in [4.78, 5) is 9.99. The molecule has 4 heteroatoms. The first-order chi connectivity index (χ1) is 18.8. The van der Waals surface area contributed by atoms with Crippen molar-refractivity contribution in [1.29, 1.82) is 0 Å². The first-order valence-electron chi connectivity index (χ1n) is 12.7. The summed E-state index contributed by atoms with van der Waals surface area (Å²) in [6.45, 7) is 0. The van der Waals surface area contributed by atoms with Crippen LogP contribution in [0.15, 0.2) is 132 Å². The second-order valence-corrected chi connectivity index (χ2v) is 9.46. The van der Waals surface area contributed by atoms with Crippen molar-refractivity contribution < 1.29 is 4.42 Å². The molecule has 0 saturated carbocycles. The maximum atomic E-state index is 6.49. The van der Waals surface area contributed by atoms with Gasteiger partial charge in [-0.05, 0) is 30.3 Å². The third-order valence-electron chi connectivity index (χ3n) is 7.22. The van der Waals surface area contributed by atoms with Crippen molar-refractivity contribution in [3.63, 3.8) is 0 Å². The quantitative estimate of drug-likeness (QED) is 0.250. The molecular formula is C34H21N3O. The van der Waals surface area contributed by atoms with E-state index in [2.05, 4.69) is 77.4 Å². The number of aromatic nitrogens is 3. The number of fused-ring (bicyclic) bond motifs is 6. The molecule has 0 bridgehead atoms. The fraction of sp³-hybridized carbons (Fsp3) is 0. The van der Waals surface area contributed by atoms with Crippen molar-refractivity contribution in [2.24, 2.45) is 0 Å². The molecule has 0 unspecified atom stereocenters. The molecule has 0 fully saturated rings. The van der Waals surface area contributed by atoms with E-state index >= 15 is 0 Å². The van der Waals surface area contributed by atoms with Gasteiger partial charge in [0.05, 0.1) is 22.1 Å². The summed E-state index contributed by atoms with van der Waals surface area (Å²) in [5, 5.41) is 4.27. The summed E-state index contributed by atoms with van der Waals surface area (Å²) in [5.41, 5.74) is 7.67. The zero-order chi connectivity index (χ0) is 25.1.